The minimum Gasteiger partial charge on any atom is -0.459 e. The Bertz CT molecular complexity index is 357. The first-order valence-electron chi connectivity index (χ1n) is 3.89. The van der Waals surface area contributed by atoms with Gasteiger partial charge in [-0.1, -0.05) is 0 Å². The standard InChI is InChI=1S/C9H10N2O2/c1-3-11-8(6-7-10-11)4-5-9(12)13-2/h6-7H,3H2,1-2H3. The van der Waals surface area contributed by atoms with E-state index in [4.69, 9.17) is 0 Å². The number of aromatic nitrogens is 2. The summed E-state index contributed by atoms with van der Waals surface area (Å²) in [6.45, 7) is 2.69. The molecule has 0 aromatic carbocycles. The highest BCUT2D eigenvalue weighted by Crippen LogP contribution is 1.95. The van der Waals surface area contributed by atoms with Crippen LogP contribution in [0, 0.1) is 11.8 Å². The highest BCUT2D eigenvalue weighted by atomic mass is 16.5. The van der Waals surface area contributed by atoms with E-state index < -0.39 is 5.97 Å². The summed E-state index contributed by atoms with van der Waals surface area (Å²) in [4.78, 5) is 10.7. The molecule has 0 bridgehead atoms. The van der Waals surface area contributed by atoms with Crippen molar-refractivity contribution in [3.05, 3.63) is 18.0 Å². The smallest absolute Gasteiger partial charge is 0.384 e. The number of nitrogens with zero attached hydrogens (tertiary/aromatic N) is 2. The van der Waals surface area contributed by atoms with Gasteiger partial charge >= 0.3 is 5.97 Å². The predicted molar refractivity (Wildman–Crippen MR) is 46.8 cm³/mol. The molecule has 1 rings (SSSR count). The number of hydrogen-bond acceptors (Lipinski definition) is 3. The lowest BCUT2D eigenvalue weighted by atomic mass is 10.4. The molecule has 4 nitrogen and oxygen atoms in total. The number of hydrogen-bond donors (Lipinski definition) is 0. The molecule has 4 heteroatoms. The number of methoxy groups -OCH3 is 1. The molecule has 0 radical (unpaired) electrons. The Morgan fingerprint density at radius 1 is 1.77 bits per heavy atom. The fourth-order valence-corrected chi connectivity index (χ4v) is 0.857. The third-order valence-corrected chi connectivity index (χ3v) is 1.49. The summed E-state index contributed by atoms with van der Waals surface area (Å²) in [6.07, 6.45) is 1.64. The van der Waals surface area contributed by atoms with Crippen LogP contribution in [0.4, 0.5) is 0 Å². The van der Waals surface area contributed by atoms with Gasteiger partial charge in [-0.2, -0.15) is 5.10 Å². The van der Waals surface area contributed by atoms with Crippen molar-refractivity contribution < 1.29 is 9.53 Å². The first-order chi connectivity index (χ1) is 6.27. The zero-order valence-corrected chi connectivity index (χ0v) is 7.57. The third-order valence-electron chi connectivity index (χ3n) is 1.49. The van der Waals surface area contributed by atoms with Crippen molar-refractivity contribution in [3.8, 4) is 11.8 Å². The van der Waals surface area contributed by atoms with Gasteiger partial charge in [0.2, 0.25) is 0 Å². The summed E-state index contributed by atoms with van der Waals surface area (Å²) in [7, 11) is 1.30. The van der Waals surface area contributed by atoms with E-state index >= 15 is 0 Å². The maximum atomic E-state index is 10.7. The Balaban J connectivity index is 2.82. The van der Waals surface area contributed by atoms with E-state index in [0.717, 1.165) is 6.54 Å². The maximum Gasteiger partial charge on any atom is 0.384 e. The van der Waals surface area contributed by atoms with Crippen LogP contribution in [0.25, 0.3) is 0 Å². The molecule has 0 saturated carbocycles. The molecule has 0 aliphatic carbocycles. The van der Waals surface area contributed by atoms with Crippen LogP contribution < -0.4 is 0 Å². The molecule has 0 aliphatic rings. The van der Waals surface area contributed by atoms with Crippen LogP contribution in [0.1, 0.15) is 12.6 Å². The Morgan fingerprint density at radius 2 is 2.54 bits per heavy atom. The van der Waals surface area contributed by atoms with Crippen LogP contribution in [-0.4, -0.2) is 22.9 Å². The molecule has 0 spiro atoms. The number of carbonyl (C=O) groups is 1. The van der Waals surface area contributed by atoms with E-state index in [2.05, 4.69) is 21.7 Å². The largest absolute Gasteiger partial charge is 0.459 e. The third kappa shape index (κ3) is 2.34. The van der Waals surface area contributed by atoms with E-state index in [-0.39, 0.29) is 0 Å². The second kappa shape index (κ2) is 4.31. The second-order valence-electron chi connectivity index (χ2n) is 2.27. The molecule has 1 aromatic heterocycles. The summed E-state index contributed by atoms with van der Waals surface area (Å²) >= 11 is 0. The first-order valence-corrected chi connectivity index (χ1v) is 3.89. The van der Waals surface area contributed by atoms with E-state index in [1.54, 1.807) is 16.9 Å². The molecule has 0 fully saturated rings. The first kappa shape index (κ1) is 9.33. The molecule has 0 N–H and O–H groups in total. The fraction of sp³-hybridized carbons (Fsp3) is 0.333. The topological polar surface area (TPSA) is 44.1 Å². The van der Waals surface area contributed by atoms with E-state index in [9.17, 15) is 4.79 Å². The van der Waals surface area contributed by atoms with Gasteiger partial charge in [0.15, 0.2) is 0 Å². The Hall–Kier alpha value is -1.76. The van der Waals surface area contributed by atoms with Gasteiger partial charge in [0, 0.05) is 12.5 Å². The number of carbonyl (C=O) groups excluding carboxylic acids is 1. The van der Waals surface area contributed by atoms with Crippen LogP contribution in [0.3, 0.4) is 0 Å². The van der Waals surface area contributed by atoms with Crippen LogP contribution in [0.5, 0.6) is 0 Å². The lowest BCUT2D eigenvalue weighted by Gasteiger charge is -1.95. The van der Waals surface area contributed by atoms with Gasteiger partial charge < -0.3 is 4.74 Å². The van der Waals surface area contributed by atoms with Crippen LogP contribution in [0.15, 0.2) is 12.3 Å². The average Bonchev–Trinajstić information content (AvgIpc) is 2.61. The van der Waals surface area contributed by atoms with E-state index in [1.165, 1.54) is 7.11 Å². The van der Waals surface area contributed by atoms with Crippen LogP contribution in [0.2, 0.25) is 0 Å². The molecular formula is C9H10N2O2. The predicted octanol–water partition coefficient (Wildman–Crippen LogP) is 0.427. The van der Waals surface area contributed by atoms with Crippen molar-refractivity contribution in [1.29, 1.82) is 0 Å². The zero-order valence-electron chi connectivity index (χ0n) is 7.57. The van der Waals surface area contributed by atoms with E-state index in [1.807, 2.05) is 6.92 Å². The van der Waals surface area contributed by atoms with Crippen molar-refractivity contribution in [2.45, 2.75) is 13.5 Å². The van der Waals surface area contributed by atoms with Crippen molar-refractivity contribution in [2.75, 3.05) is 7.11 Å². The molecule has 0 saturated heterocycles. The molecule has 13 heavy (non-hydrogen) atoms. The highest BCUT2D eigenvalue weighted by Gasteiger charge is 1.96. The second-order valence-corrected chi connectivity index (χ2v) is 2.27. The minimum atomic E-state index is -0.538. The Kier molecular flexibility index (Phi) is 3.09. The normalized spacial score (nSPS) is 8.77. The van der Waals surface area contributed by atoms with Crippen molar-refractivity contribution in [3.63, 3.8) is 0 Å². The van der Waals surface area contributed by atoms with Gasteiger partial charge in [0.05, 0.1) is 13.3 Å². The van der Waals surface area contributed by atoms with E-state index in [0.29, 0.717) is 5.69 Å². The fourth-order valence-electron chi connectivity index (χ4n) is 0.857. The molecular weight excluding hydrogens is 168 g/mol. The number of esters is 1. The van der Waals surface area contributed by atoms with Gasteiger partial charge in [-0.3, -0.25) is 4.68 Å². The maximum absolute atomic E-state index is 10.7. The lowest BCUT2D eigenvalue weighted by molar-refractivity contribution is -0.133. The summed E-state index contributed by atoms with van der Waals surface area (Å²) in [6, 6.07) is 1.75. The summed E-state index contributed by atoms with van der Waals surface area (Å²) in [5.74, 6) is 4.47. The summed E-state index contributed by atoms with van der Waals surface area (Å²) in [5, 5.41) is 4.00. The van der Waals surface area contributed by atoms with Crippen molar-refractivity contribution in [2.24, 2.45) is 0 Å². The van der Waals surface area contributed by atoms with Crippen LogP contribution >= 0.6 is 0 Å². The highest BCUT2D eigenvalue weighted by molar-refractivity contribution is 5.88. The number of ether oxygens (including phenoxy) is 1. The average molecular weight is 178 g/mol. The molecule has 0 unspecified atom stereocenters. The molecule has 0 atom stereocenters. The quantitative estimate of drug-likeness (QED) is 0.462. The van der Waals surface area contributed by atoms with Gasteiger partial charge in [0.1, 0.15) is 5.69 Å². The van der Waals surface area contributed by atoms with Crippen molar-refractivity contribution >= 4 is 5.97 Å². The SMILES string of the molecule is CCn1nccc1C#CC(=O)OC. The molecule has 1 heterocycles. The lowest BCUT2D eigenvalue weighted by Crippen LogP contribution is -2.00. The summed E-state index contributed by atoms with van der Waals surface area (Å²) < 4.78 is 6.08. The molecule has 68 valence electrons. The molecule has 0 amide bonds. The molecule has 0 aliphatic heterocycles. The van der Waals surface area contributed by atoms with Gasteiger partial charge in [-0.15, -0.1) is 0 Å². The van der Waals surface area contributed by atoms with Crippen LogP contribution in [-0.2, 0) is 16.1 Å². The zero-order chi connectivity index (χ0) is 9.68. The van der Waals surface area contributed by atoms with Gasteiger partial charge in [0.25, 0.3) is 0 Å². The number of rotatable bonds is 1. The number of aryl methyl sites for hydroxylation is 1. The molecule has 1 aromatic rings. The Morgan fingerprint density at radius 3 is 3.15 bits per heavy atom. The van der Waals surface area contributed by atoms with Gasteiger partial charge in [-0.25, -0.2) is 4.79 Å². The Labute approximate surface area is 76.5 Å². The van der Waals surface area contributed by atoms with Gasteiger partial charge in [-0.05, 0) is 18.9 Å². The minimum absolute atomic E-state index is 0.538. The van der Waals surface area contributed by atoms with Crippen molar-refractivity contribution in [1.82, 2.24) is 9.78 Å². The summed E-state index contributed by atoms with van der Waals surface area (Å²) in [5.41, 5.74) is 0.716. The monoisotopic (exact) mass is 178 g/mol.